The average molecular weight is 262 g/mol. The summed E-state index contributed by atoms with van der Waals surface area (Å²) in [6.07, 6.45) is 0.965. The summed E-state index contributed by atoms with van der Waals surface area (Å²) in [5.41, 5.74) is 2.70. The highest BCUT2D eigenvalue weighted by Gasteiger charge is 2.13. The highest BCUT2D eigenvalue weighted by molar-refractivity contribution is 7.17. The molecule has 1 aromatic heterocycles. The quantitative estimate of drug-likeness (QED) is 0.885. The fourth-order valence-corrected chi connectivity index (χ4v) is 2.47. The Morgan fingerprint density at radius 2 is 2.28 bits per heavy atom. The summed E-state index contributed by atoms with van der Waals surface area (Å²) in [4.78, 5) is 15.4. The van der Waals surface area contributed by atoms with Gasteiger partial charge in [-0.05, 0) is 31.0 Å². The molecule has 0 fully saturated rings. The van der Waals surface area contributed by atoms with Crippen molar-refractivity contribution in [1.82, 2.24) is 4.98 Å². The number of carbonyl (C=O) groups is 1. The number of benzene rings is 1. The smallest absolute Gasteiger partial charge is 0.347 e. The highest BCUT2D eigenvalue weighted by atomic mass is 32.1. The molecule has 0 atom stereocenters. The number of aromatic carboxylic acids is 1. The number of aryl methyl sites for hydroxylation is 2. The Morgan fingerprint density at radius 1 is 1.50 bits per heavy atom. The number of anilines is 2. The van der Waals surface area contributed by atoms with Crippen molar-refractivity contribution in [2.24, 2.45) is 0 Å². The van der Waals surface area contributed by atoms with Crippen molar-refractivity contribution >= 4 is 28.1 Å². The molecule has 94 valence electrons. The number of carboxylic acid groups (broad SMARTS) is 1. The summed E-state index contributed by atoms with van der Waals surface area (Å²) in [5.74, 6) is -0.930. The number of nitrogens with zero attached hydrogens (tertiary/aromatic N) is 1. The van der Waals surface area contributed by atoms with E-state index < -0.39 is 5.97 Å². The van der Waals surface area contributed by atoms with Crippen molar-refractivity contribution in [2.75, 3.05) is 5.32 Å². The van der Waals surface area contributed by atoms with Crippen molar-refractivity contribution < 1.29 is 9.90 Å². The SMILES string of the molecule is CCc1cccc(Nc2nc(C)c(C(=O)O)s2)c1. The van der Waals surface area contributed by atoms with Crippen LogP contribution in [0.5, 0.6) is 0 Å². The van der Waals surface area contributed by atoms with Gasteiger partial charge in [0.2, 0.25) is 0 Å². The van der Waals surface area contributed by atoms with Crippen LogP contribution in [0.3, 0.4) is 0 Å². The molecule has 2 rings (SSSR count). The molecule has 0 aliphatic carbocycles. The summed E-state index contributed by atoms with van der Waals surface area (Å²) in [7, 11) is 0. The monoisotopic (exact) mass is 262 g/mol. The molecule has 0 radical (unpaired) electrons. The molecule has 0 aliphatic heterocycles. The van der Waals surface area contributed by atoms with E-state index in [2.05, 4.69) is 23.3 Å². The fourth-order valence-electron chi connectivity index (χ4n) is 1.64. The second-order valence-electron chi connectivity index (χ2n) is 3.92. The molecule has 1 heterocycles. The Bertz CT molecular complexity index is 578. The molecule has 5 heteroatoms. The second kappa shape index (κ2) is 5.18. The third-order valence-corrected chi connectivity index (χ3v) is 3.64. The van der Waals surface area contributed by atoms with Crippen LogP contribution in [0.2, 0.25) is 0 Å². The Labute approximate surface area is 109 Å². The van der Waals surface area contributed by atoms with Gasteiger partial charge in [0, 0.05) is 5.69 Å². The fraction of sp³-hybridized carbons (Fsp3) is 0.231. The zero-order chi connectivity index (χ0) is 13.1. The molecule has 0 bridgehead atoms. The summed E-state index contributed by atoms with van der Waals surface area (Å²) >= 11 is 1.15. The lowest BCUT2D eigenvalue weighted by molar-refractivity contribution is 0.0701. The third kappa shape index (κ3) is 2.68. The minimum absolute atomic E-state index is 0.282. The van der Waals surface area contributed by atoms with Crippen LogP contribution in [0, 0.1) is 6.92 Å². The number of aromatic nitrogens is 1. The zero-order valence-corrected chi connectivity index (χ0v) is 11.0. The van der Waals surface area contributed by atoms with Crippen LogP contribution in [0.4, 0.5) is 10.8 Å². The van der Waals surface area contributed by atoms with Gasteiger partial charge < -0.3 is 10.4 Å². The van der Waals surface area contributed by atoms with Gasteiger partial charge in [-0.15, -0.1) is 0 Å². The molecule has 0 saturated heterocycles. The predicted octanol–water partition coefficient (Wildman–Crippen LogP) is 3.46. The normalized spacial score (nSPS) is 10.3. The number of hydrogen-bond acceptors (Lipinski definition) is 4. The number of rotatable bonds is 4. The Morgan fingerprint density at radius 3 is 2.89 bits per heavy atom. The molecular formula is C13H14N2O2S. The Hall–Kier alpha value is -1.88. The van der Waals surface area contributed by atoms with E-state index in [9.17, 15) is 4.79 Å². The van der Waals surface area contributed by atoms with Gasteiger partial charge in [-0.25, -0.2) is 9.78 Å². The van der Waals surface area contributed by atoms with Gasteiger partial charge in [0.15, 0.2) is 5.13 Å². The first kappa shape index (κ1) is 12.6. The predicted molar refractivity (Wildman–Crippen MR) is 72.9 cm³/mol. The summed E-state index contributed by atoms with van der Waals surface area (Å²) in [6.45, 7) is 3.79. The third-order valence-electron chi connectivity index (χ3n) is 2.58. The lowest BCUT2D eigenvalue weighted by Crippen LogP contribution is -1.94. The minimum Gasteiger partial charge on any atom is -0.477 e. The molecule has 0 aliphatic rings. The molecular weight excluding hydrogens is 248 g/mol. The molecule has 18 heavy (non-hydrogen) atoms. The van der Waals surface area contributed by atoms with Crippen LogP contribution < -0.4 is 5.32 Å². The van der Waals surface area contributed by atoms with Crippen LogP contribution in [0.15, 0.2) is 24.3 Å². The largest absolute Gasteiger partial charge is 0.477 e. The maximum atomic E-state index is 10.9. The van der Waals surface area contributed by atoms with Crippen LogP contribution in [0.25, 0.3) is 0 Å². The van der Waals surface area contributed by atoms with Crippen molar-refractivity contribution in [3.05, 3.63) is 40.4 Å². The van der Waals surface area contributed by atoms with Crippen LogP contribution in [0.1, 0.15) is 27.9 Å². The summed E-state index contributed by atoms with van der Waals surface area (Å²) in [6, 6.07) is 8.01. The van der Waals surface area contributed by atoms with E-state index in [1.165, 1.54) is 5.56 Å². The molecule has 0 amide bonds. The van der Waals surface area contributed by atoms with Crippen molar-refractivity contribution in [2.45, 2.75) is 20.3 Å². The van der Waals surface area contributed by atoms with Crippen molar-refractivity contribution in [3.8, 4) is 0 Å². The first-order valence-electron chi connectivity index (χ1n) is 5.67. The summed E-state index contributed by atoms with van der Waals surface area (Å²) < 4.78 is 0. The second-order valence-corrected chi connectivity index (χ2v) is 4.92. The van der Waals surface area contributed by atoms with Crippen LogP contribution >= 0.6 is 11.3 Å². The van der Waals surface area contributed by atoms with Crippen molar-refractivity contribution in [3.63, 3.8) is 0 Å². The van der Waals surface area contributed by atoms with E-state index in [1.54, 1.807) is 6.92 Å². The highest BCUT2D eigenvalue weighted by Crippen LogP contribution is 2.26. The van der Waals surface area contributed by atoms with Crippen LogP contribution in [-0.4, -0.2) is 16.1 Å². The number of carboxylic acids is 1. The van der Waals surface area contributed by atoms with E-state index in [4.69, 9.17) is 5.11 Å². The number of thiazole rings is 1. The van der Waals surface area contributed by atoms with E-state index in [0.717, 1.165) is 23.4 Å². The average Bonchev–Trinajstić information content (AvgIpc) is 2.70. The number of nitrogens with one attached hydrogen (secondary N) is 1. The molecule has 0 unspecified atom stereocenters. The van der Waals surface area contributed by atoms with E-state index in [1.807, 2.05) is 18.2 Å². The van der Waals surface area contributed by atoms with Crippen molar-refractivity contribution in [1.29, 1.82) is 0 Å². The van der Waals surface area contributed by atoms with E-state index in [0.29, 0.717) is 10.8 Å². The van der Waals surface area contributed by atoms with Gasteiger partial charge in [0.25, 0.3) is 0 Å². The topological polar surface area (TPSA) is 62.2 Å². The lowest BCUT2D eigenvalue weighted by Gasteiger charge is -2.04. The lowest BCUT2D eigenvalue weighted by atomic mass is 10.1. The minimum atomic E-state index is -0.930. The van der Waals surface area contributed by atoms with E-state index in [-0.39, 0.29) is 4.88 Å². The molecule has 1 aromatic carbocycles. The number of hydrogen-bond donors (Lipinski definition) is 2. The van der Waals surface area contributed by atoms with E-state index >= 15 is 0 Å². The van der Waals surface area contributed by atoms with Gasteiger partial charge in [-0.3, -0.25) is 0 Å². The van der Waals surface area contributed by atoms with Crippen LogP contribution in [-0.2, 0) is 6.42 Å². The molecule has 0 saturated carbocycles. The molecule has 2 aromatic rings. The maximum Gasteiger partial charge on any atom is 0.347 e. The first-order chi connectivity index (χ1) is 8.60. The van der Waals surface area contributed by atoms with Gasteiger partial charge in [0.05, 0.1) is 5.69 Å². The van der Waals surface area contributed by atoms with Gasteiger partial charge in [-0.2, -0.15) is 0 Å². The Balaban J connectivity index is 2.23. The van der Waals surface area contributed by atoms with Gasteiger partial charge in [-0.1, -0.05) is 30.4 Å². The molecule has 2 N–H and O–H groups in total. The molecule has 4 nitrogen and oxygen atoms in total. The standard InChI is InChI=1S/C13H14N2O2S/c1-3-9-5-4-6-10(7-9)15-13-14-8(2)11(18-13)12(16)17/h4-7H,3H2,1-2H3,(H,14,15)(H,16,17). The van der Waals surface area contributed by atoms with Gasteiger partial charge >= 0.3 is 5.97 Å². The zero-order valence-electron chi connectivity index (χ0n) is 10.2. The summed E-state index contributed by atoms with van der Waals surface area (Å²) in [5, 5.41) is 12.7. The maximum absolute atomic E-state index is 10.9. The first-order valence-corrected chi connectivity index (χ1v) is 6.48. The molecule has 0 spiro atoms. The Kier molecular flexibility index (Phi) is 3.62. The van der Waals surface area contributed by atoms with Gasteiger partial charge in [0.1, 0.15) is 4.88 Å².